The van der Waals surface area contributed by atoms with Crippen molar-refractivity contribution in [1.29, 1.82) is 0 Å². The van der Waals surface area contributed by atoms with Gasteiger partial charge in [-0.15, -0.1) is 0 Å². The highest BCUT2D eigenvalue weighted by atomic mass is 16.4. The predicted molar refractivity (Wildman–Crippen MR) is 99.6 cm³/mol. The number of carbonyl (C=O) groups excluding carboxylic acids is 3. The van der Waals surface area contributed by atoms with Crippen LogP contribution in [-0.2, 0) is 9.59 Å². The summed E-state index contributed by atoms with van der Waals surface area (Å²) in [5.41, 5.74) is 8.84. The number of carboxylic acids is 1. The highest BCUT2D eigenvalue weighted by Gasteiger charge is 2.35. The number of hydrogen-bond donors (Lipinski definition) is 3. The van der Waals surface area contributed by atoms with Crippen LogP contribution in [0.4, 0.5) is 4.79 Å². The minimum absolute atomic E-state index is 0.00979. The molecule has 0 saturated carbocycles. The third-order valence-corrected chi connectivity index (χ3v) is 4.44. The molecule has 1 aliphatic heterocycles. The van der Waals surface area contributed by atoms with Crippen LogP contribution in [0.5, 0.6) is 0 Å². The number of urea groups is 1. The van der Waals surface area contributed by atoms with Crippen molar-refractivity contribution in [3.05, 3.63) is 58.5 Å². The van der Waals surface area contributed by atoms with Gasteiger partial charge in [0, 0.05) is 22.6 Å². The maximum atomic E-state index is 12.3. The molecular weight excluding hydrogens is 364 g/mol. The van der Waals surface area contributed by atoms with Gasteiger partial charge in [-0.1, -0.05) is 0 Å². The van der Waals surface area contributed by atoms with Gasteiger partial charge in [0.05, 0.1) is 0 Å². The number of hydrogen-bond acceptors (Lipinski definition) is 4. The molecule has 1 aromatic heterocycles. The summed E-state index contributed by atoms with van der Waals surface area (Å²) < 4.78 is 1.92. The summed E-state index contributed by atoms with van der Waals surface area (Å²) in [7, 11) is 0. The van der Waals surface area contributed by atoms with Crippen LogP contribution in [0.25, 0.3) is 11.8 Å². The molecule has 0 unspecified atom stereocenters. The van der Waals surface area contributed by atoms with Crippen molar-refractivity contribution in [3.63, 3.8) is 0 Å². The minimum atomic E-state index is -1.28. The zero-order valence-corrected chi connectivity index (χ0v) is 15.2. The average Bonchev–Trinajstić information content (AvgIpc) is 3.05. The van der Waals surface area contributed by atoms with Crippen molar-refractivity contribution < 1.29 is 24.3 Å². The molecule has 144 valence electrons. The van der Waals surface area contributed by atoms with Crippen LogP contribution in [0.15, 0.2) is 36.0 Å². The normalized spacial score (nSPS) is 15.2. The summed E-state index contributed by atoms with van der Waals surface area (Å²) in [6.07, 6.45) is 1.51. The molecule has 4 N–H and O–H groups in total. The van der Waals surface area contributed by atoms with Crippen molar-refractivity contribution in [3.8, 4) is 5.69 Å². The van der Waals surface area contributed by atoms with Crippen LogP contribution >= 0.6 is 0 Å². The lowest BCUT2D eigenvalue weighted by Crippen LogP contribution is -2.35. The quantitative estimate of drug-likeness (QED) is 0.527. The summed E-state index contributed by atoms with van der Waals surface area (Å²) in [5, 5.41) is 11.2. The first-order valence-corrected chi connectivity index (χ1v) is 8.34. The minimum Gasteiger partial charge on any atom is -0.480 e. The first-order chi connectivity index (χ1) is 13.2. The Bertz CT molecular complexity index is 1030. The maximum Gasteiger partial charge on any atom is 0.329 e. The fourth-order valence-electron chi connectivity index (χ4n) is 3.11. The number of carbonyl (C=O) groups is 4. The van der Waals surface area contributed by atoms with E-state index >= 15 is 0 Å². The molecule has 9 nitrogen and oxygen atoms in total. The van der Waals surface area contributed by atoms with Crippen molar-refractivity contribution in [2.24, 2.45) is 5.73 Å². The number of nitrogens with zero attached hydrogens (tertiary/aromatic N) is 2. The van der Waals surface area contributed by atoms with Crippen LogP contribution in [-0.4, -0.2) is 44.9 Å². The lowest BCUT2D eigenvalue weighted by molar-refractivity contribution is -0.140. The standard InChI is InChI=1S/C19H18N4O5/c1-10-7-13(8-15-18(27)22(9-16(24)25)19(28)21-15)11(2)23(10)14-5-3-12(4-6-14)17(20)26/h3-8H,9H2,1-2H3,(H2,20,26)(H,21,28)(H,24,25)/b15-8+. The van der Waals surface area contributed by atoms with Gasteiger partial charge in [0.2, 0.25) is 5.91 Å². The number of carboxylic acid groups (broad SMARTS) is 1. The molecule has 3 rings (SSSR count). The molecule has 0 bridgehead atoms. The van der Waals surface area contributed by atoms with E-state index in [1.165, 1.54) is 6.08 Å². The monoisotopic (exact) mass is 382 g/mol. The molecule has 0 atom stereocenters. The first-order valence-electron chi connectivity index (χ1n) is 8.34. The van der Waals surface area contributed by atoms with E-state index in [4.69, 9.17) is 10.8 Å². The van der Waals surface area contributed by atoms with E-state index in [1.807, 2.05) is 24.5 Å². The fraction of sp³-hybridized carbons (Fsp3) is 0.158. The smallest absolute Gasteiger partial charge is 0.329 e. The number of nitrogens with two attached hydrogens (primary N) is 1. The number of primary amides is 1. The summed E-state index contributed by atoms with van der Waals surface area (Å²) >= 11 is 0. The van der Waals surface area contributed by atoms with E-state index in [-0.39, 0.29) is 5.70 Å². The molecule has 1 aromatic carbocycles. The molecule has 4 amide bonds. The third kappa shape index (κ3) is 3.37. The number of aromatic nitrogens is 1. The molecule has 0 aliphatic carbocycles. The van der Waals surface area contributed by atoms with Crippen molar-refractivity contribution in [2.45, 2.75) is 13.8 Å². The third-order valence-electron chi connectivity index (χ3n) is 4.44. The summed E-state index contributed by atoms with van der Waals surface area (Å²) in [6, 6.07) is 7.83. The molecule has 9 heteroatoms. The molecule has 1 saturated heterocycles. The molecule has 2 aromatic rings. The summed E-state index contributed by atoms with van der Waals surface area (Å²) in [6.45, 7) is 3.02. The second-order valence-electron chi connectivity index (χ2n) is 6.35. The van der Waals surface area contributed by atoms with Gasteiger partial charge in [0.1, 0.15) is 12.2 Å². The van der Waals surface area contributed by atoms with Gasteiger partial charge >= 0.3 is 12.0 Å². The number of imide groups is 1. The molecule has 0 spiro atoms. The topological polar surface area (TPSA) is 135 Å². The SMILES string of the molecule is Cc1cc(/C=C2/NC(=O)N(CC(=O)O)C2=O)c(C)n1-c1ccc(C(N)=O)cc1. The largest absolute Gasteiger partial charge is 0.480 e. The van der Waals surface area contributed by atoms with Gasteiger partial charge in [-0.05, 0) is 55.8 Å². The van der Waals surface area contributed by atoms with Crippen LogP contribution < -0.4 is 11.1 Å². The molecule has 0 radical (unpaired) electrons. The Hall–Kier alpha value is -3.88. The van der Waals surface area contributed by atoms with Gasteiger partial charge in [-0.25, -0.2) is 9.69 Å². The van der Waals surface area contributed by atoms with E-state index < -0.39 is 30.4 Å². The number of rotatable bonds is 5. The zero-order valence-electron chi connectivity index (χ0n) is 15.2. The predicted octanol–water partition coefficient (Wildman–Crippen LogP) is 1.17. The van der Waals surface area contributed by atoms with Gasteiger partial charge in [0.15, 0.2) is 0 Å². The van der Waals surface area contributed by atoms with E-state index in [2.05, 4.69) is 5.32 Å². The lowest BCUT2D eigenvalue weighted by Gasteiger charge is -2.10. The van der Waals surface area contributed by atoms with Gasteiger partial charge in [-0.2, -0.15) is 0 Å². The zero-order chi connectivity index (χ0) is 20.6. The maximum absolute atomic E-state index is 12.3. The highest BCUT2D eigenvalue weighted by molar-refractivity contribution is 6.15. The van der Waals surface area contributed by atoms with E-state index in [0.717, 1.165) is 17.1 Å². The number of benzene rings is 1. The van der Waals surface area contributed by atoms with E-state index in [9.17, 15) is 19.2 Å². The van der Waals surface area contributed by atoms with E-state index in [1.54, 1.807) is 24.3 Å². The van der Waals surface area contributed by atoms with Gasteiger partial charge in [-0.3, -0.25) is 14.4 Å². The van der Waals surface area contributed by atoms with Gasteiger partial charge < -0.3 is 20.7 Å². The second-order valence-corrected chi connectivity index (χ2v) is 6.35. The van der Waals surface area contributed by atoms with Crippen LogP contribution in [0.3, 0.4) is 0 Å². The lowest BCUT2D eigenvalue weighted by atomic mass is 10.2. The average molecular weight is 382 g/mol. The van der Waals surface area contributed by atoms with Crippen molar-refractivity contribution in [2.75, 3.05) is 6.54 Å². The summed E-state index contributed by atoms with van der Waals surface area (Å²) in [4.78, 5) is 46.8. The molecule has 2 heterocycles. The Kier molecular flexibility index (Phi) is 4.74. The Morgan fingerprint density at radius 3 is 2.39 bits per heavy atom. The van der Waals surface area contributed by atoms with Crippen LogP contribution in [0, 0.1) is 13.8 Å². The van der Waals surface area contributed by atoms with Crippen molar-refractivity contribution >= 4 is 29.9 Å². The molecule has 1 fully saturated rings. The Morgan fingerprint density at radius 2 is 1.82 bits per heavy atom. The Balaban J connectivity index is 1.95. The summed E-state index contributed by atoms with van der Waals surface area (Å²) in [5.74, 6) is -2.48. The fourth-order valence-corrected chi connectivity index (χ4v) is 3.11. The van der Waals surface area contributed by atoms with Crippen molar-refractivity contribution in [1.82, 2.24) is 14.8 Å². The Morgan fingerprint density at radius 1 is 1.18 bits per heavy atom. The molecule has 1 aliphatic rings. The Labute approximate surface area is 160 Å². The van der Waals surface area contributed by atoms with Crippen LogP contribution in [0.2, 0.25) is 0 Å². The second kappa shape index (κ2) is 7.03. The molecule has 28 heavy (non-hydrogen) atoms. The number of amides is 4. The van der Waals surface area contributed by atoms with E-state index in [0.29, 0.717) is 16.0 Å². The molecular formula is C19H18N4O5. The number of nitrogens with one attached hydrogen (secondary N) is 1. The highest BCUT2D eigenvalue weighted by Crippen LogP contribution is 2.24. The first kappa shape index (κ1) is 18.9. The van der Waals surface area contributed by atoms with Crippen LogP contribution in [0.1, 0.15) is 27.3 Å². The number of aryl methyl sites for hydroxylation is 1. The number of aliphatic carboxylic acids is 1. The van der Waals surface area contributed by atoms with Gasteiger partial charge in [0.25, 0.3) is 5.91 Å².